The van der Waals surface area contributed by atoms with Crippen molar-refractivity contribution in [3.63, 3.8) is 0 Å². The third-order valence-corrected chi connectivity index (χ3v) is 3.43. The van der Waals surface area contributed by atoms with Gasteiger partial charge in [0, 0.05) is 6.42 Å². The molecular weight excluding hydrogens is 325 g/mol. The van der Waals surface area contributed by atoms with Crippen molar-refractivity contribution in [3.8, 4) is 11.5 Å². The highest BCUT2D eigenvalue weighted by molar-refractivity contribution is 6.55. The van der Waals surface area contributed by atoms with Crippen LogP contribution in [0.5, 0.6) is 11.5 Å². The molecule has 124 valence electrons. The second kappa shape index (κ2) is 10.7. The number of hydrogen-bond donors (Lipinski definition) is 1. The highest BCUT2D eigenvalue weighted by Crippen LogP contribution is 2.31. The van der Waals surface area contributed by atoms with Gasteiger partial charge in [-0.1, -0.05) is 37.0 Å². The van der Waals surface area contributed by atoms with Crippen LogP contribution in [0.2, 0.25) is 0 Å². The van der Waals surface area contributed by atoms with E-state index in [1.165, 1.54) is 0 Å². The first-order valence-electron chi connectivity index (χ1n) is 7.36. The summed E-state index contributed by atoms with van der Waals surface area (Å²) in [6.45, 7) is 5.56. The fourth-order valence-electron chi connectivity index (χ4n) is 2.03. The third-order valence-electron chi connectivity index (χ3n) is 3.12. The number of benzene rings is 1. The Morgan fingerprint density at radius 1 is 1.09 bits per heavy atom. The van der Waals surface area contributed by atoms with E-state index < -0.39 is 0 Å². The molecule has 1 aromatic carbocycles. The molecule has 22 heavy (non-hydrogen) atoms. The lowest BCUT2D eigenvalue weighted by Gasteiger charge is -2.17. The van der Waals surface area contributed by atoms with E-state index in [0.29, 0.717) is 19.8 Å². The normalized spacial score (nSPS) is 10.4. The maximum absolute atomic E-state index is 5.90. The SMILES string of the molecule is CCc1cc(OCC=C(Cl)Cl)cc(CC)c1OCCCON. The summed E-state index contributed by atoms with van der Waals surface area (Å²) in [6.07, 6.45) is 4.08. The van der Waals surface area contributed by atoms with Crippen LogP contribution in [0.15, 0.2) is 22.7 Å². The molecular formula is C16H23Cl2NO3. The van der Waals surface area contributed by atoms with Gasteiger partial charge in [-0.25, -0.2) is 5.90 Å². The number of hydrogen-bond acceptors (Lipinski definition) is 4. The Kier molecular flexibility index (Phi) is 9.32. The third kappa shape index (κ3) is 6.44. The summed E-state index contributed by atoms with van der Waals surface area (Å²) in [7, 11) is 0. The summed E-state index contributed by atoms with van der Waals surface area (Å²) < 4.78 is 11.8. The van der Waals surface area contributed by atoms with Gasteiger partial charge in [0.25, 0.3) is 0 Å². The molecule has 0 bridgehead atoms. The zero-order chi connectivity index (χ0) is 16.4. The molecule has 0 saturated carbocycles. The highest BCUT2D eigenvalue weighted by atomic mass is 35.5. The first kappa shape index (κ1) is 19.1. The van der Waals surface area contributed by atoms with Crippen molar-refractivity contribution in [2.24, 2.45) is 5.90 Å². The monoisotopic (exact) mass is 347 g/mol. The van der Waals surface area contributed by atoms with Crippen LogP contribution >= 0.6 is 23.2 Å². The second-order valence-corrected chi connectivity index (χ2v) is 5.66. The molecule has 0 unspecified atom stereocenters. The number of ether oxygens (including phenoxy) is 2. The predicted molar refractivity (Wildman–Crippen MR) is 90.7 cm³/mol. The summed E-state index contributed by atoms with van der Waals surface area (Å²) >= 11 is 11.2. The van der Waals surface area contributed by atoms with E-state index in [-0.39, 0.29) is 4.49 Å². The van der Waals surface area contributed by atoms with E-state index in [1.807, 2.05) is 12.1 Å². The Labute approximate surface area is 142 Å². The van der Waals surface area contributed by atoms with Crippen LogP contribution in [0, 0.1) is 0 Å². The van der Waals surface area contributed by atoms with Crippen molar-refractivity contribution in [3.05, 3.63) is 33.8 Å². The summed E-state index contributed by atoms with van der Waals surface area (Å²) in [6, 6.07) is 3.98. The lowest BCUT2D eigenvalue weighted by Crippen LogP contribution is -2.08. The Morgan fingerprint density at radius 3 is 2.23 bits per heavy atom. The minimum absolute atomic E-state index is 0.202. The Balaban J connectivity index is 2.85. The summed E-state index contributed by atoms with van der Waals surface area (Å²) in [5.41, 5.74) is 2.23. The molecule has 0 fully saturated rings. The van der Waals surface area contributed by atoms with Crippen LogP contribution < -0.4 is 15.4 Å². The van der Waals surface area contributed by atoms with Crippen LogP contribution in [0.4, 0.5) is 0 Å². The van der Waals surface area contributed by atoms with Crippen LogP contribution in [-0.4, -0.2) is 19.8 Å². The average Bonchev–Trinajstić information content (AvgIpc) is 2.51. The average molecular weight is 348 g/mol. The molecule has 0 saturated heterocycles. The Bertz CT molecular complexity index is 463. The molecule has 0 heterocycles. The molecule has 1 aromatic rings. The molecule has 1 rings (SSSR count). The van der Waals surface area contributed by atoms with Gasteiger partial charge in [0.05, 0.1) is 13.2 Å². The molecule has 0 spiro atoms. The van der Waals surface area contributed by atoms with Crippen molar-refractivity contribution >= 4 is 23.2 Å². The largest absolute Gasteiger partial charge is 0.493 e. The second-order valence-electron chi connectivity index (χ2n) is 4.66. The predicted octanol–water partition coefficient (Wildman–Crippen LogP) is 4.17. The summed E-state index contributed by atoms with van der Waals surface area (Å²) in [5, 5.41) is 0. The van der Waals surface area contributed by atoms with Crippen LogP contribution in [0.25, 0.3) is 0 Å². The van der Waals surface area contributed by atoms with Crippen molar-refractivity contribution in [1.82, 2.24) is 0 Å². The van der Waals surface area contributed by atoms with E-state index in [9.17, 15) is 0 Å². The van der Waals surface area contributed by atoms with E-state index in [2.05, 4.69) is 18.7 Å². The quantitative estimate of drug-likeness (QED) is 0.509. The van der Waals surface area contributed by atoms with Crippen molar-refractivity contribution in [1.29, 1.82) is 0 Å². The molecule has 6 heteroatoms. The first-order chi connectivity index (χ1) is 10.6. The van der Waals surface area contributed by atoms with Gasteiger partial charge in [0.2, 0.25) is 0 Å². The lowest BCUT2D eigenvalue weighted by molar-refractivity contribution is 0.122. The van der Waals surface area contributed by atoms with E-state index >= 15 is 0 Å². The number of aryl methyl sites for hydroxylation is 2. The minimum atomic E-state index is 0.202. The zero-order valence-corrected chi connectivity index (χ0v) is 14.5. The van der Waals surface area contributed by atoms with Gasteiger partial charge in [0.1, 0.15) is 22.6 Å². The molecule has 0 atom stereocenters. The fourth-order valence-corrected chi connectivity index (χ4v) is 2.16. The fraction of sp³-hybridized carbons (Fsp3) is 0.500. The molecule has 0 radical (unpaired) electrons. The van der Waals surface area contributed by atoms with E-state index in [4.69, 9.17) is 38.6 Å². The summed E-state index contributed by atoms with van der Waals surface area (Å²) in [4.78, 5) is 4.55. The maximum atomic E-state index is 5.90. The van der Waals surface area contributed by atoms with Crippen molar-refractivity contribution in [2.45, 2.75) is 33.1 Å². The smallest absolute Gasteiger partial charge is 0.125 e. The minimum Gasteiger partial charge on any atom is -0.493 e. The standard InChI is InChI=1S/C16H23Cl2NO3/c1-3-12-10-14(20-9-6-15(17)18)11-13(4-2)16(12)21-7-5-8-22-19/h6,10-11H,3-5,7-9,19H2,1-2H3. The van der Waals surface area contributed by atoms with E-state index in [0.717, 1.165) is 41.9 Å². The van der Waals surface area contributed by atoms with Gasteiger partial charge in [-0.2, -0.15) is 0 Å². The first-order valence-corrected chi connectivity index (χ1v) is 8.12. The molecule has 0 aliphatic rings. The maximum Gasteiger partial charge on any atom is 0.125 e. The van der Waals surface area contributed by atoms with Crippen molar-refractivity contribution in [2.75, 3.05) is 19.8 Å². The number of nitrogens with two attached hydrogens (primary N) is 1. The molecule has 2 N–H and O–H groups in total. The zero-order valence-electron chi connectivity index (χ0n) is 13.0. The summed E-state index contributed by atoms with van der Waals surface area (Å²) in [5.74, 6) is 6.73. The van der Waals surface area contributed by atoms with Gasteiger partial charge in [-0.15, -0.1) is 0 Å². The molecule has 0 aromatic heterocycles. The van der Waals surface area contributed by atoms with Gasteiger partial charge in [-0.3, -0.25) is 0 Å². The molecule has 0 amide bonds. The number of halogens is 2. The van der Waals surface area contributed by atoms with E-state index in [1.54, 1.807) is 6.08 Å². The van der Waals surface area contributed by atoms with Gasteiger partial charge >= 0.3 is 0 Å². The molecule has 0 aliphatic carbocycles. The Hall–Kier alpha value is -0.940. The highest BCUT2D eigenvalue weighted by Gasteiger charge is 2.11. The van der Waals surface area contributed by atoms with Crippen molar-refractivity contribution < 1.29 is 14.3 Å². The topological polar surface area (TPSA) is 53.7 Å². The van der Waals surface area contributed by atoms with Crippen LogP contribution in [0.3, 0.4) is 0 Å². The lowest BCUT2D eigenvalue weighted by atomic mass is 10.0. The van der Waals surface area contributed by atoms with Crippen LogP contribution in [0.1, 0.15) is 31.4 Å². The van der Waals surface area contributed by atoms with Gasteiger partial charge < -0.3 is 14.3 Å². The van der Waals surface area contributed by atoms with Gasteiger partial charge in [-0.05, 0) is 42.2 Å². The molecule has 4 nitrogen and oxygen atoms in total. The number of rotatable bonds is 10. The van der Waals surface area contributed by atoms with Crippen LogP contribution in [-0.2, 0) is 17.7 Å². The molecule has 0 aliphatic heterocycles. The van der Waals surface area contributed by atoms with Gasteiger partial charge in [0.15, 0.2) is 0 Å². The Morgan fingerprint density at radius 2 is 1.73 bits per heavy atom.